The maximum Gasteiger partial charge on any atom is 0.306 e. The Kier molecular flexibility index (Phi) is 38.5. The van der Waals surface area contributed by atoms with Crippen LogP contribution in [0.25, 0.3) is 0 Å². The number of carbonyl (C=O) groups excluding carboxylic acids is 3. The molecule has 0 aliphatic rings. The Morgan fingerprint density at radius 3 is 1.53 bits per heavy atom. The number of ether oxygens (including phenoxy) is 3. The van der Waals surface area contributed by atoms with E-state index in [4.69, 9.17) is 14.2 Å². The molecule has 8 nitrogen and oxygen atoms in total. The van der Waals surface area contributed by atoms with Crippen molar-refractivity contribution in [3.05, 3.63) is 122 Å². The zero-order valence-corrected chi connectivity index (χ0v) is 38.1. The normalized spacial score (nSPS) is 14.1. The van der Waals surface area contributed by atoms with Crippen molar-refractivity contribution >= 4 is 17.9 Å². The van der Waals surface area contributed by atoms with Crippen LogP contribution in [0.5, 0.6) is 0 Å². The van der Waals surface area contributed by atoms with E-state index in [1.54, 1.807) is 21.1 Å². The van der Waals surface area contributed by atoms with Crippen molar-refractivity contribution < 1.29 is 38.2 Å². The van der Waals surface area contributed by atoms with Gasteiger partial charge in [-0.05, 0) is 83.5 Å². The molecule has 0 rings (SSSR count). The van der Waals surface area contributed by atoms with Crippen molar-refractivity contribution in [3.8, 4) is 0 Å². The molecule has 0 aromatic carbocycles. The number of carboxylic acid groups (broad SMARTS) is 1. The Balaban J connectivity index is 4.47. The van der Waals surface area contributed by atoms with Crippen LogP contribution in [0.1, 0.15) is 136 Å². The van der Waals surface area contributed by atoms with Gasteiger partial charge in [-0.2, -0.15) is 0 Å². The highest BCUT2D eigenvalue weighted by molar-refractivity contribution is 5.70. The van der Waals surface area contributed by atoms with Crippen molar-refractivity contribution in [2.24, 2.45) is 0 Å². The number of rotatable bonds is 38. The minimum Gasteiger partial charge on any atom is -0.544 e. The Bertz CT molecular complexity index is 1390. The fourth-order valence-electron chi connectivity index (χ4n) is 5.73. The number of carbonyl (C=O) groups is 3. The molecule has 0 aromatic rings. The van der Waals surface area contributed by atoms with E-state index < -0.39 is 18.1 Å². The van der Waals surface area contributed by atoms with Gasteiger partial charge >= 0.3 is 11.9 Å². The first kappa shape index (κ1) is 55.7. The van der Waals surface area contributed by atoms with E-state index in [2.05, 4.69) is 105 Å². The SMILES string of the molecule is CC/C=C/C=C/C=C/C=C/CCCCCCCC(=O)OC(COCCC(C(=O)[O-])[N+](C)(C)C)COC(=O)CCCC/C=C/C/C=C/C/C=C/C/C=C/C/C=C/C/C=C/CC. The summed E-state index contributed by atoms with van der Waals surface area (Å²) in [7, 11) is 5.37. The van der Waals surface area contributed by atoms with E-state index in [0.717, 1.165) is 96.3 Å². The molecule has 0 amide bonds. The van der Waals surface area contributed by atoms with Crippen LogP contribution in [0.15, 0.2) is 122 Å². The number of quaternary nitrogens is 1. The summed E-state index contributed by atoms with van der Waals surface area (Å²) >= 11 is 0. The summed E-state index contributed by atoms with van der Waals surface area (Å²) in [5.41, 5.74) is 0. The van der Waals surface area contributed by atoms with Gasteiger partial charge in [-0.15, -0.1) is 0 Å². The summed E-state index contributed by atoms with van der Waals surface area (Å²) in [5.74, 6) is -1.84. The highest BCUT2D eigenvalue weighted by Crippen LogP contribution is 2.12. The van der Waals surface area contributed by atoms with E-state index >= 15 is 0 Å². The first-order valence-corrected chi connectivity index (χ1v) is 22.6. The van der Waals surface area contributed by atoms with Gasteiger partial charge in [0.2, 0.25) is 0 Å². The van der Waals surface area contributed by atoms with Gasteiger partial charge in [-0.25, -0.2) is 0 Å². The molecule has 0 bridgehead atoms. The molecule has 0 radical (unpaired) electrons. The number of hydrogen-bond acceptors (Lipinski definition) is 7. The first-order chi connectivity index (χ1) is 29.1. The van der Waals surface area contributed by atoms with Gasteiger partial charge in [0.25, 0.3) is 0 Å². The third kappa shape index (κ3) is 39.2. The molecule has 8 heteroatoms. The number of allylic oxidation sites excluding steroid dienone is 20. The monoisotopic (exact) mass is 832 g/mol. The minimum absolute atomic E-state index is 0.00745. The molecule has 0 spiro atoms. The minimum atomic E-state index is -1.14. The quantitative estimate of drug-likeness (QED) is 0.0201. The van der Waals surface area contributed by atoms with Crippen molar-refractivity contribution in [1.29, 1.82) is 0 Å². The second-order valence-corrected chi connectivity index (χ2v) is 15.6. The summed E-state index contributed by atoms with van der Waals surface area (Å²) in [6.07, 6.45) is 58.0. The van der Waals surface area contributed by atoms with Crippen LogP contribution >= 0.6 is 0 Å². The van der Waals surface area contributed by atoms with Gasteiger partial charge in [0.15, 0.2) is 6.10 Å². The highest BCUT2D eigenvalue weighted by Gasteiger charge is 2.25. The van der Waals surface area contributed by atoms with Gasteiger partial charge in [0, 0.05) is 19.3 Å². The van der Waals surface area contributed by atoms with Gasteiger partial charge in [0.1, 0.15) is 12.6 Å². The number of hydrogen-bond donors (Lipinski definition) is 0. The maximum atomic E-state index is 12.7. The standard InChI is InChI=1S/C52H81NO7/c1-6-8-10-12-14-16-18-20-22-23-24-25-26-27-29-30-32-34-36-38-40-42-50(54)59-47-48(46-58-45-44-49(52(56)57)53(3,4)5)60-51(55)43-41-39-37-35-33-31-28-21-19-17-15-13-11-9-7-2/h8-11,13-17,19-22,24-25,27-29,32,34,48-49H,6-7,12,18,23,26,30-31,33,35-47H2,1-5H3/b10-8+,11-9+,15-13+,16-14+,19-17+,22-20+,25-24+,28-21+,29-27+,34-32+. The number of unbranched alkanes of at least 4 members (excludes halogenated alkanes) is 7. The molecular formula is C52H81NO7. The second-order valence-electron chi connectivity index (χ2n) is 15.6. The lowest BCUT2D eigenvalue weighted by atomic mass is 10.1. The van der Waals surface area contributed by atoms with Crippen LogP contribution in [0.3, 0.4) is 0 Å². The zero-order chi connectivity index (χ0) is 44.2. The van der Waals surface area contributed by atoms with E-state index in [0.29, 0.717) is 6.42 Å². The van der Waals surface area contributed by atoms with Crippen LogP contribution in [0, 0.1) is 0 Å². The fourth-order valence-corrected chi connectivity index (χ4v) is 5.73. The summed E-state index contributed by atoms with van der Waals surface area (Å²) in [6, 6.07) is -0.745. The van der Waals surface area contributed by atoms with Crippen molar-refractivity contribution in [1.82, 2.24) is 0 Å². The van der Waals surface area contributed by atoms with Crippen LogP contribution in [0.4, 0.5) is 0 Å². The summed E-state index contributed by atoms with van der Waals surface area (Å²) < 4.78 is 17.1. The lowest BCUT2D eigenvalue weighted by molar-refractivity contribution is -0.889. The molecule has 60 heavy (non-hydrogen) atoms. The van der Waals surface area contributed by atoms with E-state index in [9.17, 15) is 19.5 Å². The van der Waals surface area contributed by atoms with E-state index in [1.165, 1.54) is 0 Å². The zero-order valence-electron chi connectivity index (χ0n) is 38.1. The van der Waals surface area contributed by atoms with E-state index in [-0.39, 0.29) is 55.5 Å². The molecule has 2 unspecified atom stereocenters. The number of esters is 2. The summed E-state index contributed by atoms with van der Waals surface area (Å²) in [4.78, 5) is 36.9. The molecule has 0 aromatic heterocycles. The van der Waals surface area contributed by atoms with Crippen molar-refractivity contribution in [2.45, 2.75) is 148 Å². The number of carboxylic acids is 1. The predicted octanol–water partition coefficient (Wildman–Crippen LogP) is 11.3. The average Bonchev–Trinajstić information content (AvgIpc) is 3.21. The second kappa shape index (κ2) is 41.5. The molecule has 0 saturated carbocycles. The predicted molar refractivity (Wildman–Crippen MR) is 249 cm³/mol. The molecule has 0 aliphatic carbocycles. The lowest BCUT2D eigenvalue weighted by Gasteiger charge is -2.34. The van der Waals surface area contributed by atoms with Gasteiger partial charge in [0.05, 0.1) is 40.3 Å². The molecule has 0 N–H and O–H groups in total. The Morgan fingerprint density at radius 2 is 0.967 bits per heavy atom. The Hall–Kier alpha value is -4.27. The van der Waals surface area contributed by atoms with Crippen molar-refractivity contribution in [3.63, 3.8) is 0 Å². The number of nitrogens with zero attached hydrogens (tertiary/aromatic N) is 1. The smallest absolute Gasteiger partial charge is 0.306 e. The van der Waals surface area contributed by atoms with Crippen LogP contribution in [0.2, 0.25) is 0 Å². The Morgan fingerprint density at radius 1 is 0.517 bits per heavy atom. The van der Waals surface area contributed by atoms with Crippen LogP contribution < -0.4 is 5.11 Å². The molecule has 0 heterocycles. The molecule has 0 saturated heterocycles. The molecule has 0 aliphatic heterocycles. The van der Waals surface area contributed by atoms with Gasteiger partial charge < -0.3 is 28.6 Å². The average molecular weight is 832 g/mol. The molecule has 336 valence electrons. The first-order valence-electron chi connectivity index (χ1n) is 22.6. The van der Waals surface area contributed by atoms with Crippen LogP contribution in [-0.2, 0) is 28.6 Å². The number of likely N-dealkylation sites (N-methyl/N-ethyl adjacent to an activating group) is 1. The lowest BCUT2D eigenvalue weighted by Crippen LogP contribution is -2.55. The van der Waals surface area contributed by atoms with Gasteiger partial charge in [-0.1, -0.05) is 155 Å². The molecule has 2 atom stereocenters. The Labute approximate surface area is 365 Å². The fraction of sp³-hybridized carbons (Fsp3) is 0.558. The highest BCUT2D eigenvalue weighted by atomic mass is 16.6. The summed E-state index contributed by atoms with van der Waals surface area (Å²) in [6.45, 7) is 4.30. The van der Waals surface area contributed by atoms with Crippen molar-refractivity contribution in [2.75, 3.05) is 41.0 Å². The van der Waals surface area contributed by atoms with E-state index in [1.807, 2.05) is 30.4 Å². The molecule has 0 fully saturated rings. The van der Waals surface area contributed by atoms with Crippen LogP contribution in [-0.4, -0.2) is 75.5 Å². The number of aliphatic carboxylic acids is 1. The third-order valence-corrected chi connectivity index (χ3v) is 9.19. The molecular weight excluding hydrogens is 751 g/mol. The maximum absolute atomic E-state index is 12.7. The largest absolute Gasteiger partial charge is 0.544 e. The third-order valence-electron chi connectivity index (χ3n) is 9.19. The summed E-state index contributed by atoms with van der Waals surface area (Å²) in [5, 5.41) is 11.6. The van der Waals surface area contributed by atoms with Gasteiger partial charge in [-0.3, -0.25) is 9.59 Å². The topological polar surface area (TPSA) is 102 Å².